The van der Waals surface area contributed by atoms with Crippen LogP contribution in [0.25, 0.3) is 0 Å². The Labute approximate surface area is 105 Å². The Morgan fingerprint density at radius 2 is 2.00 bits per heavy atom. The van der Waals surface area contributed by atoms with Gasteiger partial charge in [-0.15, -0.1) is 0 Å². The second-order valence-electron chi connectivity index (χ2n) is 4.67. The van der Waals surface area contributed by atoms with Gasteiger partial charge in [-0.1, -0.05) is 0 Å². The van der Waals surface area contributed by atoms with E-state index in [0.717, 1.165) is 19.5 Å². The first kappa shape index (κ1) is 11.9. The van der Waals surface area contributed by atoms with E-state index < -0.39 is 0 Å². The predicted molar refractivity (Wildman–Crippen MR) is 63.5 cm³/mol. The Balaban J connectivity index is 1.71. The average Bonchev–Trinajstić information content (AvgIpc) is 2.90. The van der Waals surface area contributed by atoms with Crippen LogP contribution in [0.15, 0.2) is 4.52 Å². The van der Waals surface area contributed by atoms with Crippen molar-refractivity contribution in [2.24, 2.45) is 5.73 Å². The third kappa shape index (κ3) is 2.33. The van der Waals surface area contributed by atoms with Gasteiger partial charge >= 0.3 is 0 Å². The SMILES string of the molecule is NC1CCOCC1c1nc(N2CCOCC2)no1. The molecule has 2 N–H and O–H groups in total. The summed E-state index contributed by atoms with van der Waals surface area (Å²) in [5.74, 6) is 1.23. The van der Waals surface area contributed by atoms with Gasteiger partial charge in [0.25, 0.3) is 5.95 Å². The van der Waals surface area contributed by atoms with E-state index in [0.29, 0.717) is 38.3 Å². The van der Waals surface area contributed by atoms with Crippen molar-refractivity contribution in [1.29, 1.82) is 0 Å². The average molecular weight is 254 g/mol. The molecule has 0 radical (unpaired) electrons. The van der Waals surface area contributed by atoms with Gasteiger partial charge in [0.05, 0.1) is 25.7 Å². The molecule has 2 atom stereocenters. The van der Waals surface area contributed by atoms with Crippen LogP contribution in [0.1, 0.15) is 18.2 Å². The van der Waals surface area contributed by atoms with Crippen molar-refractivity contribution < 1.29 is 14.0 Å². The smallest absolute Gasteiger partial charge is 0.266 e. The molecule has 2 fully saturated rings. The molecule has 1 aromatic rings. The van der Waals surface area contributed by atoms with Gasteiger partial charge in [0.15, 0.2) is 0 Å². The van der Waals surface area contributed by atoms with Crippen LogP contribution in [0.4, 0.5) is 5.95 Å². The Kier molecular flexibility index (Phi) is 3.44. The van der Waals surface area contributed by atoms with E-state index in [2.05, 4.69) is 15.0 Å². The molecule has 2 unspecified atom stereocenters. The number of hydrogen-bond donors (Lipinski definition) is 1. The zero-order valence-electron chi connectivity index (χ0n) is 10.2. The molecular weight excluding hydrogens is 236 g/mol. The minimum Gasteiger partial charge on any atom is -0.381 e. The summed E-state index contributed by atoms with van der Waals surface area (Å²) in [7, 11) is 0. The van der Waals surface area contributed by atoms with Crippen molar-refractivity contribution >= 4 is 5.95 Å². The molecular formula is C11H18N4O3. The van der Waals surface area contributed by atoms with Crippen molar-refractivity contribution in [1.82, 2.24) is 10.1 Å². The number of nitrogens with zero attached hydrogens (tertiary/aromatic N) is 3. The molecule has 1 aromatic heterocycles. The third-order valence-corrected chi connectivity index (χ3v) is 3.45. The van der Waals surface area contributed by atoms with Gasteiger partial charge in [0, 0.05) is 25.7 Å². The number of hydrogen-bond acceptors (Lipinski definition) is 7. The number of nitrogens with two attached hydrogens (primary N) is 1. The van der Waals surface area contributed by atoms with Crippen molar-refractivity contribution in [3.8, 4) is 0 Å². The molecule has 2 aliphatic heterocycles. The van der Waals surface area contributed by atoms with Crippen LogP contribution < -0.4 is 10.6 Å². The summed E-state index contributed by atoms with van der Waals surface area (Å²) >= 11 is 0. The van der Waals surface area contributed by atoms with Gasteiger partial charge in [-0.25, -0.2) is 0 Å². The molecule has 7 heteroatoms. The maximum absolute atomic E-state index is 6.06. The molecule has 3 rings (SSSR count). The summed E-state index contributed by atoms with van der Waals surface area (Å²) in [5.41, 5.74) is 6.06. The van der Waals surface area contributed by atoms with Crippen molar-refractivity contribution in [2.45, 2.75) is 18.4 Å². The van der Waals surface area contributed by atoms with Crippen LogP contribution in [-0.4, -0.2) is 55.7 Å². The molecule has 0 amide bonds. The zero-order chi connectivity index (χ0) is 12.4. The van der Waals surface area contributed by atoms with Crippen LogP contribution in [0, 0.1) is 0 Å². The number of anilines is 1. The molecule has 0 saturated carbocycles. The Morgan fingerprint density at radius 3 is 2.78 bits per heavy atom. The summed E-state index contributed by atoms with van der Waals surface area (Å²) in [6, 6.07) is 0.0386. The van der Waals surface area contributed by atoms with E-state index in [-0.39, 0.29) is 12.0 Å². The fraction of sp³-hybridized carbons (Fsp3) is 0.818. The number of ether oxygens (including phenoxy) is 2. The minimum absolute atomic E-state index is 0.0149. The molecule has 3 heterocycles. The molecule has 18 heavy (non-hydrogen) atoms. The van der Waals surface area contributed by atoms with Crippen molar-refractivity contribution in [3.63, 3.8) is 0 Å². The quantitative estimate of drug-likeness (QED) is 0.777. The topological polar surface area (TPSA) is 86.6 Å². The van der Waals surface area contributed by atoms with Crippen molar-refractivity contribution in [3.05, 3.63) is 5.89 Å². The normalized spacial score (nSPS) is 29.5. The summed E-state index contributed by atoms with van der Waals surface area (Å²) in [5, 5.41) is 4.02. The minimum atomic E-state index is 0.0149. The van der Waals surface area contributed by atoms with E-state index in [1.165, 1.54) is 0 Å². The van der Waals surface area contributed by atoms with Crippen LogP contribution >= 0.6 is 0 Å². The highest BCUT2D eigenvalue weighted by molar-refractivity contribution is 5.28. The van der Waals surface area contributed by atoms with Crippen molar-refractivity contribution in [2.75, 3.05) is 44.4 Å². The van der Waals surface area contributed by atoms with E-state index in [1.54, 1.807) is 0 Å². The molecule has 7 nitrogen and oxygen atoms in total. The lowest BCUT2D eigenvalue weighted by Crippen LogP contribution is -2.38. The molecule has 0 spiro atoms. The number of rotatable bonds is 2. The highest BCUT2D eigenvalue weighted by atomic mass is 16.5. The van der Waals surface area contributed by atoms with Gasteiger partial charge in [-0.3, -0.25) is 0 Å². The molecule has 0 aliphatic carbocycles. The van der Waals surface area contributed by atoms with Crippen LogP contribution in [0.3, 0.4) is 0 Å². The number of morpholine rings is 1. The highest BCUT2D eigenvalue weighted by Crippen LogP contribution is 2.25. The zero-order valence-corrected chi connectivity index (χ0v) is 10.2. The lowest BCUT2D eigenvalue weighted by Gasteiger charge is -2.26. The maximum atomic E-state index is 6.06. The first-order valence-electron chi connectivity index (χ1n) is 6.34. The summed E-state index contributed by atoms with van der Waals surface area (Å²) in [4.78, 5) is 6.50. The lowest BCUT2D eigenvalue weighted by atomic mass is 9.97. The molecule has 0 bridgehead atoms. The standard InChI is InChI=1S/C11H18N4O3/c12-9-1-4-17-7-8(9)10-13-11(14-18-10)15-2-5-16-6-3-15/h8-9H,1-7,12H2. The Bertz CT molecular complexity index is 391. The maximum Gasteiger partial charge on any atom is 0.266 e. The fourth-order valence-electron chi connectivity index (χ4n) is 2.28. The van der Waals surface area contributed by atoms with Gasteiger partial charge in [-0.2, -0.15) is 4.98 Å². The summed E-state index contributed by atoms with van der Waals surface area (Å²) in [6.45, 7) is 4.28. The first-order chi connectivity index (χ1) is 8.84. The van der Waals surface area contributed by atoms with Crippen LogP contribution in [-0.2, 0) is 9.47 Å². The van der Waals surface area contributed by atoms with Crippen LogP contribution in [0.5, 0.6) is 0 Å². The van der Waals surface area contributed by atoms with E-state index in [9.17, 15) is 0 Å². The van der Waals surface area contributed by atoms with E-state index >= 15 is 0 Å². The van der Waals surface area contributed by atoms with Gasteiger partial charge in [-0.05, 0) is 11.6 Å². The predicted octanol–water partition coefficient (Wildman–Crippen LogP) is -0.263. The molecule has 0 aromatic carbocycles. The second-order valence-corrected chi connectivity index (χ2v) is 4.67. The summed E-state index contributed by atoms with van der Waals surface area (Å²) in [6.07, 6.45) is 0.833. The monoisotopic (exact) mass is 254 g/mol. The third-order valence-electron chi connectivity index (χ3n) is 3.45. The summed E-state index contributed by atoms with van der Waals surface area (Å²) < 4.78 is 16.0. The first-order valence-corrected chi connectivity index (χ1v) is 6.34. The van der Waals surface area contributed by atoms with Gasteiger partial charge in [0.1, 0.15) is 0 Å². The lowest BCUT2D eigenvalue weighted by molar-refractivity contribution is 0.0590. The molecule has 2 aliphatic rings. The molecule has 2 saturated heterocycles. The van der Waals surface area contributed by atoms with Gasteiger partial charge in [0.2, 0.25) is 5.89 Å². The van der Waals surface area contributed by atoms with Gasteiger partial charge < -0.3 is 24.6 Å². The Hall–Kier alpha value is -1.18. The van der Waals surface area contributed by atoms with E-state index in [1.807, 2.05) is 0 Å². The Morgan fingerprint density at radius 1 is 1.17 bits per heavy atom. The fourth-order valence-corrected chi connectivity index (χ4v) is 2.28. The largest absolute Gasteiger partial charge is 0.381 e. The van der Waals surface area contributed by atoms with Crippen LogP contribution in [0.2, 0.25) is 0 Å². The highest BCUT2D eigenvalue weighted by Gasteiger charge is 2.30. The van der Waals surface area contributed by atoms with E-state index in [4.69, 9.17) is 19.7 Å². The molecule has 100 valence electrons. The second kappa shape index (κ2) is 5.21. The number of aromatic nitrogens is 2.